The molecule has 11 heteroatoms. The normalized spacial score (nSPS) is 17.3. The number of nitrogens with zero attached hydrogens (tertiary/aromatic N) is 2. The summed E-state index contributed by atoms with van der Waals surface area (Å²) in [5, 5.41) is 25.0. The van der Waals surface area contributed by atoms with Gasteiger partial charge in [-0.1, -0.05) is 56.6 Å². The number of nitrogens with one attached hydrogen (secondary N) is 5. The number of fused-ring (bicyclic) bond motifs is 1. The molecule has 43 heavy (non-hydrogen) atoms. The summed E-state index contributed by atoms with van der Waals surface area (Å²) in [5.74, 6) is 1.31. The van der Waals surface area contributed by atoms with Crippen LogP contribution in [0.4, 0.5) is 27.8 Å². The third-order valence-electron chi connectivity index (χ3n) is 7.17. The summed E-state index contributed by atoms with van der Waals surface area (Å²) in [6.45, 7) is 8.56. The molecule has 3 heterocycles. The average molecular weight is 587 g/mol. The minimum Gasteiger partial charge on any atom is -0.384 e. The Bertz CT molecular complexity index is 1470. The molecule has 2 aromatic heterocycles. The Balaban J connectivity index is 1.50. The molecule has 0 fully saturated rings. The lowest BCUT2D eigenvalue weighted by Gasteiger charge is -2.19. The van der Waals surface area contributed by atoms with E-state index >= 15 is 0 Å². The van der Waals surface area contributed by atoms with Crippen LogP contribution < -0.4 is 27.0 Å². The van der Waals surface area contributed by atoms with Crippen molar-refractivity contribution in [2.24, 2.45) is 0 Å². The van der Waals surface area contributed by atoms with Crippen molar-refractivity contribution in [3.63, 3.8) is 0 Å². The summed E-state index contributed by atoms with van der Waals surface area (Å²) in [6.07, 6.45) is 10.8. The van der Waals surface area contributed by atoms with Gasteiger partial charge in [0.15, 0.2) is 5.82 Å². The molecule has 4 rings (SSSR count). The van der Waals surface area contributed by atoms with Gasteiger partial charge in [-0.25, -0.2) is 9.78 Å². The quantitative estimate of drug-likeness (QED) is 0.195. The molecule has 0 spiro atoms. The van der Waals surface area contributed by atoms with E-state index in [9.17, 15) is 9.59 Å². The highest BCUT2D eigenvalue weighted by molar-refractivity contribution is 6.17. The molecule has 1 aromatic carbocycles. The molecule has 3 aromatic rings. The highest BCUT2D eigenvalue weighted by atomic mass is 16.5. The SMILES string of the molecule is C[C@@H]1CCNc2c(cnc(N)c2C(=N)c2ccc(NC(=O)Nc3cc(C(C)(C)C)on3)cc2)/C=C/CCCCCC(=O)N1. The lowest BCUT2D eigenvalue weighted by Crippen LogP contribution is -2.33. The maximum atomic E-state index is 12.5. The van der Waals surface area contributed by atoms with Crippen molar-refractivity contribution in [1.82, 2.24) is 15.5 Å². The van der Waals surface area contributed by atoms with E-state index < -0.39 is 6.03 Å². The number of carbonyl (C=O) groups excluding carboxylic acids is 2. The van der Waals surface area contributed by atoms with Crippen LogP contribution >= 0.6 is 0 Å². The van der Waals surface area contributed by atoms with Gasteiger partial charge in [0.2, 0.25) is 5.91 Å². The first-order valence-electron chi connectivity index (χ1n) is 14.7. The molecule has 0 bridgehead atoms. The number of benzene rings is 1. The Morgan fingerprint density at radius 3 is 2.63 bits per heavy atom. The van der Waals surface area contributed by atoms with Crippen molar-refractivity contribution in [1.29, 1.82) is 5.41 Å². The Hall–Kier alpha value is -4.67. The monoisotopic (exact) mass is 586 g/mol. The number of nitrogens with two attached hydrogens (primary N) is 1. The van der Waals surface area contributed by atoms with Gasteiger partial charge in [0, 0.05) is 53.5 Å². The number of anilines is 4. The molecule has 1 aliphatic rings. The van der Waals surface area contributed by atoms with E-state index in [1.165, 1.54) is 0 Å². The minimum atomic E-state index is -0.461. The van der Waals surface area contributed by atoms with Gasteiger partial charge in [-0.3, -0.25) is 15.5 Å². The van der Waals surface area contributed by atoms with Gasteiger partial charge in [-0.2, -0.15) is 0 Å². The first-order valence-corrected chi connectivity index (χ1v) is 14.7. The smallest absolute Gasteiger partial charge is 0.324 e. The highest BCUT2D eigenvalue weighted by Gasteiger charge is 2.21. The average Bonchev–Trinajstić information content (AvgIpc) is 3.42. The summed E-state index contributed by atoms with van der Waals surface area (Å²) in [5.41, 5.74) is 9.57. The molecule has 1 aliphatic heterocycles. The van der Waals surface area contributed by atoms with E-state index in [0.717, 1.165) is 36.9 Å². The van der Waals surface area contributed by atoms with Crippen LogP contribution in [0.25, 0.3) is 6.08 Å². The van der Waals surface area contributed by atoms with Crippen molar-refractivity contribution in [2.45, 2.75) is 77.7 Å². The fraction of sp³-hybridized carbons (Fsp3) is 0.406. The predicted octanol–water partition coefficient (Wildman–Crippen LogP) is 6.29. The van der Waals surface area contributed by atoms with Gasteiger partial charge >= 0.3 is 6.03 Å². The number of nitrogen functional groups attached to an aromatic ring is 1. The number of carbonyl (C=O) groups is 2. The maximum Gasteiger partial charge on any atom is 0.324 e. The molecular weight excluding hydrogens is 544 g/mol. The second-order valence-corrected chi connectivity index (χ2v) is 11.9. The lowest BCUT2D eigenvalue weighted by molar-refractivity contribution is -0.121. The summed E-state index contributed by atoms with van der Waals surface area (Å²) in [4.78, 5) is 29.2. The van der Waals surface area contributed by atoms with E-state index in [1.807, 2.05) is 33.8 Å². The summed E-state index contributed by atoms with van der Waals surface area (Å²) in [7, 11) is 0. The van der Waals surface area contributed by atoms with Crippen molar-refractivity contribution >= 4 is 46.7 Å². The zero-order valence-corrected chi connectivity index (χ0v) is 25.3. The number of urea groups is 1. The molecule has 0 saturated carbocycles. The van der Waals surface area contributed by atoms with Gasteiger partial charge in [0.25, 0.3) is 0 Å². The summed E-state index contributed by atoms with van der Waals surface area (Å²) >= 11 is 0. The zero-order valence-electron chi connectivity index (χ0n) is 25.3. The van der Waals surface area contributed by atoms with Crippen molar-refractivity contribution in [3.8, 4) is 0 Å². The molecule has 1 atom stereocenters. The van der Waals surface area contributed by atoms with Crippen molar-refractivity contribution in [3.05, 3.63) is 65.1 Å². The standard InChI is InChI=1S/C32H42N8O3/c1-20-16-17-35-29-22(10-8-6-5-7-9-11-26(41)37-20)19-36-30(34)27(29)28(33)21-12-14-23(15-13-21)38-31(42)39-25-18-24(43-40-25)32(2,3)4/h8,10,12-15,18-20,33,35H,5-7,9,11,16-17H2,1-4H3,(H2,34,36)(H,37,41)(H2,38,39,40,42)/b10-8+,33-28?/t20-/m1/s1. The Labute approximate surface area is 252 Å². The van der Waals surface area contributed by atoms with Crippen LogP contribution in [0, 0.1) is 5.41 Å². The number of allylic oxidation sites excluding steroid dienone is 1. The Morgan fingerprint density at radius 1 is 1.14 bits per heavy atom. The van der Waals surface area contributed by atoms with Gasteiger partial charge < -0.3 is 26.2 Å². The number of hydrogen-bond acceptors (Lipinski definition) is 8. The first kappa shape index (κ1) is 31.3. The molecule has 0 unspecified atom stereocenters. The van der Waals surface area contributed by atoms with Crippen LogP contribution in [0.2, 0.25) is 0 Å². The lowest BCUT2D eigenvalue weighted by atomic mass is 9.93. The van der Waals surface area contributed by atoms with Gasteiger partial charge in [0.1, 0.15) is 11.6 Å². The molecule has 0 saturated heterocycles. The fourth-order valence-corrected chi connectivity index (χ4v) is 4.71. The first-order chi connectivity index (χ1) is 20.5. The summed E-state index contributed by atoms with van der Waals surface area (Å²) < 4.78 is 5.32. The largest absolute Gasteiger partial charge is 0.384 e. The third-order valence-corrected chi connectivity index (χ3v) is 7.17. The molecule has 0 aliphatic carbocycles. The number of pyridine rings is 1. The Morgan fingerprint density at radius 2 is 1.91 bits per heavy atom. The number of aromatic nitrogens is 2. The zero-order chi connectivity index (χ0) is 31.0. The van der Waals surface area contributed by atoms with Gasteiger partial charge in [0.05, 0.1) is 17.0 Å². The summed E-state index contributed by atoms with van der Waals surface area (Å²) in [6, 6.07) is 8.20. The highest BCUT2D eigenvalue weighted by Crippen LogP contribution is 2.30. The molecule has 228 valence electrons. The van der Waals surface area contributed by atoms with E-state index in [4.69, 9.17) is 15.7 Å². The van der Waals surface area contributed by atoms with Crippen LogP contribution in [-0.2, 0) is 10.2 Å². The van der Waals surface area contributed by atoms with Crippen molar-refractivity contribution < 1.29 is 14.1 Å². The van der Waals surface area contributed by atoms with Crippen LogP contribution in [0.1, 0.15) is 88.7 Å². The molecule has 0 radical (unpaired) electrons. The van der Waals surface area contributed by atoms with E-state index in [2.05, 4.69) is 37.5 Å². The minimum absolute atomic E-state index is 0.00767. The molecule has 7 N–H and O–H groups in total. The van der Waals surface area contributed by atoms with Crippen LogP contribution in [0.3, 0.4) is 0 Å². The van der Waals surface area contributed by atoms with Gasteiger partial charge in [-0.05, 0) is 44.7 Å². The predicted molar refractivity (Wildman–Crippen MR) is 172 cm³/mol. The van der Waals surface area contributed by atoms with Crippen LogP contribution in [-0.4, -0.2) is 40.4 Å². The molecule has 3 amide bonds. The Kier molecular flexibility index (Phi) is 10.2. The number of hydrogen-bond donors (Lipinski definition) is 6. The second-order valence-electron chi connectivity index (χ2n) is 11.9. The van der Waals surface area contributed by atoms with Gasteiger partial charge in [-0.15, -0.1) is 0 Å². The van der Waals surface area contributed by atoms with Crippen molar-refractivity contribution in [2.75, 3.05) is 28.2 Å². The van der Waals surface area contributed by atoms with Crippen LogP contribution in [0.5, 0.6) is 0 Å². The van der Waals surface area contributed by atoms with E-state index in [-0.39, 0.29) is 28.9 Å². The maximum absolute atomic E-state index is 12.5. The molecular formula is C32H42N8O3. The second kappa shape index (κ2) is 14.0. The van der Waals surface area contributed by atoms with E-state index in [1.54, 1.807) is 36.5 Å². The topological polar surface area (TPSA) is 171 Å². The number of rotatable bonds is 4. The van der Waals surface area contributed by atoms with Crippen LogP contribution in [0.15, 0.2) is 47.1 Å². The fourth-order valence-electron chi connectivity index (χ4n) is 4.71. The van der Waals surface area contributed by atoms with E-state index in [0.29, 0.717) is 47.8 Å². The molecule has 11 nitrogen and oxygen atoms in total. The third kappa shape index (κ3) is 8.67. The number of amides is 3.